The quantitative estimate of drug-likeness (QED) is 0.793. The van der Waals surface area contributed by atoms with Gasteiger partial charge in [0.05, 0.1) is 15.7 Å². The molecule has 1 atom stereocenters. The molecule has 3 N–H and O–H groups in total. The zero-order valence-corrected chi connectivity index (χ0v) is 11.6. The van der Waals surface area contributed by atoms with Crippen LogP contribution in [0, 0.1) is 0 Å². The van der Waals surface area contributed by atoms with Crippen molar-refractivity contribution in [2.75, 3.05) is 5.32 Å². The normalized spacial score (nSPS) is 17.7. The van der Waals surface area contributed by atoms with E-state index in [1.165, 1.54) is 12.1 Å². The number of carboxylic acid groups (broad SMARTS) is 1. The molecular formula is C12H10Cl2N2O4. The monoisotopic (exact) mass is 316 g/mol. The maximum atomic E-state index is 12.0. The summed E-state index contributed by atoms with van der Waals surface area (Å²) in [4.78, 5) is 34.2. The van der Waals surface area contributed by atoms with Gasteiger partial charge in [0.15, 0.2) is 0 Å². The molecular weight excluding hydrogens is 307 g/mol. The van der Waals surface area contributed by atoms with Crippen LogP contribution < -0.4 is 10.6 Å². The molecule has 2 amide bonds. The van der Waals surface area contributed by atoms with Crippen molar-refractivity contribution in [3.8, 4) is 0 Å². The molecule has 0 aliphatic carbocycles. The number of aromatic carboxylic acids is 1. The number of hydrogen-bond donors (Lipinski definition) is 3. The highest BCUT2D eigenvalue weighted by atomic mass is 35.5. The lowest BCUT2D eigenvalue weighted by Crippen LogP contribution is -2.37. The second kappa shape index (κ2) is 5.68. The molecule has 1 fully saturated rings. The number of rotatable bonds is 3. The first-order valence-electron chi connectivity index (χ1n) is 5.71. The van der Waals surface area contributed by atoms with Gasteiger partial charge in [0.2, 0.25) is 11.8 Å². The van der Waals surface area contributed by atoms with Gasteiger partial charge in [-0.25, -0.2) is 4.79 Å². The summed E-state index contributed by atoms with van der Waals surface area (Å²) in [6.45, 7) is 0. The third-order valence-electron chi connectivity index (χ3n) is 2.88. The number of carboxylic acids is 1. The molecule has 0 unspecified atom stereocenters. The number of anilines is 1. The van der Waals surface area contributed by atoms with Crippen molar-refractivity contribution < 1.29 is 19.5 Å². The Kier molecular flexibility index (Phi) is 4.15. The van der Waals surface area contributed by atoms with Gasteiger partial charge in [0, 0.05) is 6.42 Å². The van der Waals surface area contributed by atoms with Crippen molar-refractivity contribution >= 4 is 46.7 Å². The zero-order chi connectivity index (χ0) is 14.9. The molecule has 1 aromatic carbocycles. The van der Waals surface area contributed by atoms with E-state index in [1.807, 2.05) is 0 Å². The standard InChI is InChI=1S/C12H10Cl2N2O4/c13-5-1-2-6(14)10(9(5)12(19)20)16-11(18)7-3-4-8(17)15-7/h1-2,7H,3-4H2,(H,15,17)(H,16,18)(H,19,20)/t7-/m1/s1. The Balaban J connectivity index is 2.29. The van der Waals surface area contributed by atoms with Crippen molar-refractivity contribution in [1.29, 1.82) is 0 Å². The van der Waals surface area contributed by atoms with Crippen molar-refractivity contribution in [3.63, 3.8) is 0 Å². The molecule has 1 heterocycles. The number of nitrogens with one attached hydrogen (secondary N) is 2. The van der Waals surface area contributed by atoms with Crippen LogP contribution in [0.5, 0.6) is 0 Å². The Labute approximate surface area is 124 Å². The number of benzene rings is 1. The predicted octanol–water partition coefficient (Wildman–Crippen LogP) is 1.91. The van der Waals surface area contributed by atoms with Crippen molar-refractivity contribution in [2.24, 2.45) is 0 Å². The minimum Gasteiger partial charge on any atom is -0.478 e. The smallest absolute Gasteiger partial charge is 0.339 e. The summed E-state index contributed by atoms with van der Waals surface area (Å²) in [5, 5.41) is 14.0. The molecule has 0 bridgehead atoms. The molecule has 1 aliphatic rings. The predicted molar refractivity (Wildman–Crippen MR) is 73.2 cm³/mol. The average molecular weight is 317 g/mol. The van der Waals surface area contributed by atoms with E-state index in [4.69, 9.17) is 28.3 Å². The van der Waals surface area contributed by atoms with Crippen molar-refractivity contribution in [2.45, 2.75) is 18.9 Å². The van der Waals surface area contributed by atoms with Crippen LogP contribution in [0.2, 0.25) is 10.0 Å². The van der Waals surface area contributed by atoms with Gasteiger partial charge < -0.3 is 15.7 Å². The maximum Gasteiger partial charge on any atom is 0.339 e. The number of amides is 2. The van der Waals surface area contributed by atoms with Crippen LogP contribution in [0.3, 0.4) is 0 Å². The van der Waals surface area contributed by atoms with Gasteiger partial charge in [0.1, 0.15) is 11.6 Å². The van der Waals surface area contributed by atoms with Gasteiger partial charge in [-0.15, -0.1) is 0 Å². The lowest BCUT2D eigenvalue weighted by Gasteiger charge is -2.14. The van der Waals surface area contributed by atoms with Crippen LogP contribution in [0.15, 0.2) is 12.1 Å². The Hall–Kier alpha value is -1.79. The Morgan fingerprint density at radius 2 is 1.95 bits per heavy atom. The average Bonchev–Trinajstić information content (AvgIpc) is 2.80. The van der Waals surface area contributed by atoms with Crippen LogP contribution in [-0.2, 0) is 9.59 Å². The SMILES string of the molecule is O=C1CC[C@H](C(=O)Nc2c(Cl)ccc(Cl)c2C(=O)O)N1. The summed E-state index contributed by atoms with van der Waals surface area (Å²) in [6, 6.07) is 2.03. The molecule has 1 aromatic rings. The summed E-state index contributed by atoms with van der Waals surface area (Å²) < 4.78 is 0. The largest absolute Gasteiger partial charge is 0.478 e. The van der Waals surface area contributed by atoms with Crippen LogP contribution >= 0.6 is 23.2 Å². The molecule has 0 radical (unpaired) electrons. The Morgan fingerprint density at radius 3 is 2.50 bits per heavy atom. The van der Waals surface area contributed by atoms with Gasteiger partial charge in [-0.05, 0) is 18.6 Å². The molecule has 2 rings (SSSR count). The lowest BCUT2D eigenvalue weighted by molar-refractivity contribution is -0.122. The highest BCUT2D eigenvalue weighted by Gasteiger charge is 2.29. The van der Waals surface area contributed by atoms with E-state index in [-0.39, 0.29) is 33.6 Å². The first-order chi connectivity index (χ1) is 9.40. The zero-order valence-electron chi connectivity index (χ0n) is 10.1. The molecule has 0 saturated carbocycles. The fourth-order valence-electron chi connectivity index (χ4n) is 1.90. The highest BCUT2D eigenvalue weighted by Crippen LogP contribution is 2.32. The van der Waals surface area contributed by atoms with Gasteiger partial charge in [-0.3, -0.25) is 9.59 Å². The van der Waals surface area contributed by atoms with Gasteiger partial charge >= 0.3 is 5.97 Å². The summed E-state index contributed by atoms with van der Waals surface area (Å²) in [5.41, 5.74) is -0.352. The molecule has 8 heteroatoms. The van der Waals surface area contributed by atoms with Gasteiger partial charge in [0.25, 0.3) is 0 Å². The maximum absolute atomic E-state index is 12.0. The first kappa shape index (κ1) is 14.6. The van der Waals surface area contributed by atoms with Crippen molar-refractivity contribution in [1.82, 2.24) is 5.32 Å². The van der Waals surface area contributed by atoms with Crippen LogP contribution in [0.1, 0.15) is 23.2 Å². The minimum atomic E-state index is -1.30. The number of carbonyl (C=O) groups excluding carboxylic acids is 2. The van der Waals surface area contributed by atoms with E-state index >= 15 is 0 Å². The van der Waals surface area contributed by atoms with E-state index in [2.05, 4.69) is 10.6 Å². The summed E-state index contributed by atoms with van der Waals surface area (Å²) in [6.07, 6.45) is 0.610. The third-order valence-corrected chi connectivity index (χ3v) is 3.51. The molecule has 0 aromatic heterocycles. The number of hydrogen-bond acceptors (Lipinski definition) is 3. The minimum absolute atomic E-state index is 0.0346. The second-order valence-corrected chi connectivity index (χ2v) is 5.05. The second-order valence-electron chi connectivity index (χ2n) is 4.23. The number of carbonyl (C=O) groups is 3. The molecule has 106 valence electrons. The van der Waals surface area contributed by atoms with Gasteiger partial charge in [-0.2, -0.15) is 0 Å². The van der Waals surface area contributed by atoms with Crippen molar-refractivity contribution in [3.05, 3.63) is 27.7 Å². The number of halogens is 2. The van der Waals surface area contributed by atoms with E-state index < -0.39 is 17.9 Å². The Morgan fingerprint density at radius 1 is 1.30 bits per heavy atom. The highest BCUT2D eigenvalue weighted by molar-refractivity contribution is 6.38. The van der Waals surface area contributed by atoms with E-state index in [0.29, 0.717) is 6.42 Å². The van der Waals surface area contributed by atoms with Crippen LogP contribution in [0.25, 0.3) is 0 Å². The Bertz CT molecular complexity index is 603. The molecule has 1 aliphatic heterocycles. The topological polar surface area (TPSA) is 95.5 Å². The molecule has 1 saturated heterocycles. The fraction of sp³-hybridized carbons (Fsp3) is 0.250. The molecule has 0 spiro atoms. The molecule has 6 nitrogen and oxygen atoms in total. The van der Waals surface area contributed by atoms with E-state index in [0.717, 1.165) is 0 Å². The van der Waals surface area contributed by atoms with E-state index in [1.54, 1.807) is 0 Å². The van der Waals surface area contributed by atoms with E-state index in [9.17, 15) is 14.4 Å². The lowest BCUT2D eigenvalue weighted by atomic mass is 10.1. The third kappa shape index (κ3) is 2.86. The van der Waals surface area contributed by atoms with Crippen LogP contribution in [-0.4, -0.2) is 28.9 Å². The van der Waals surface area contributed by atoms with Crippen LogP contribution in [0.4, 0.5) is 5.69 Å². The fourth-order valence-corrected chi connectivity index (χ4v) is 2.35. The summed E-state index contributed by atoms with van der Waals surface area (Å²) in [5.74, 6) is -2.05. The molecule has 20 heavy (non-hydrogen) atoms. The first-order valence-corrected chi connectivity index (χ1v) is 6.47. The van der Waals surface area contributed by atoms with Gasteiger partial charge in [-0.1, -0.05) is 23.2 Å². The summed E-state index contributed by atoms with van der Waals surface area (Å²) in [7, 11) is 0. The summed E-state index contributed by atoms with van der Waals surface area (Å²) >= 11 is 11.7.